The van der Waals surface area contributed by atoms with Gasteiger partial charge in [0.05, 0.1) is 10.6 Å². The molecule has 0 fully saturated rings. The third-order valence-electron chi connectivity index (χ3n) is 3.94. The van der Waals surface area contributed by atoms with Gasteiger partial charge in [0.25, 0.3) is 10.0 Å². The summed E-state index contributed by atoms with van der Waals surface area (Å²) in [4.78, 5) is 0.0397. The lowest BCUT2D eigenvalue weighted by atomic mass is 10.2. The molecule has 0 saturated carbocycles. The van der Waals surface area contributed by atoms with Gasteiger partial charge in [-0.25, -0.2) is 16.8 Å². The maximum Gasteiger partial charge on any atom is 0.261 e. The van der Waals surface area contributed by atoms with Crippen LogP contribution in [0.4, 0.5) is 11.4 Å². The molecule has 3 aromatic carbocycles. The zero-order valence-corrected chi connectivity index (χ0v) is 16.8. The van der Waals surface area contributed by atoms with Crippen LogP contribution < -0.4 is 9.44 Å². The highest BCUT2D eigenvalue weighted by molar-refractivity contribution is 7.92. The maximum absolute atomic E-state index is 12.4. The van der Waals surface area contributed by atoms with Gasteiger partial charge >= 0.3 is 0 Å². The van der Waals surface area contributed by atoms with E-state index < -0.39 is 20.0 Å². The monoisotopic (exact) mass is 416 g/mol. The van der Waals surface area contributed by atoms with Gasteiger partial charge in [0.15, 0.2) is 0 Å². The first-order chi connectivity index (χ1) is 13.2. The van der Waals surface area contributed by atoms with Crippen LogP contribution in [0.5, 0.6) is 0 Å². The minimum atomic E-state index is -3.75. The average molecular weight is 417 g/mol. The van der Waals surface area contributed by atoms with Crippen molar-refractivity contribution in [1.82, 2.24) is 0 Å². The highest BCUT2D eigenvalue weighted by Crippen LogP contribution is 2.19. The molecule has 3 aromatic rings. The fourth-order valence-corrected chi connectivity index (χ4v) is 4.80. The first kappa shape index (κ1) is 19.9. The summed E-state index contributed by atoms with van der Waals surface area (Å²) in [5.74, 6) is -0.164. The molecule has 0 atom stereocenters. The summed E-state index contributed by atoms with van der Waals surface area (Å²) in [6.45, 7) is 1.93. The first-order valence-corrected chi connectivity index (χ1v) is 11.6. The van der Waals surface area contributed by atoms with E-state index >= 15 is 0 Å². The second kappa shape index (κ2) is 8.04. The molecule has 0 aromatic heterocycles. The van der Waals surface area contributed by atoms with Gasteiger partial charge in [0, 0.05) is 11.4 Å². The molecule has 0 unspecified atom stereocenters. The Bertz CT molecular complexity index is 1140. The second-order valence-electron chi connectivity index (χ2n) is 6.34. The summed E-state index contributed by atoms with van der Waals surface area (Å²) >= 11 is 0. The average Bonchev–Trinajstić information content (AvgIpc) is 2.64. The van der Waals surface area contributed by atoms with Crippen LogP contribution in [0.15, 0.2) is 83.8 Å². The molecule has 6 nitrogen and oxygen atoms in total. The highest BCUT2D eigenvalue weighted by Gasteiger charge is 2.16. The topological polar surface area (TPSA) is 92.3 Å². The number of benzene rings is 3. The smallest absolute Gasteiger partial charge is 0.261 e. The maximum atomic E-state index is 12.4. The summed E-state index contributed by atoms with van der Waals surface area (Å²) in [5, 5.41) is 0. The number of para-hydroxylation sites is 1. The normalized spacial score (nSPS) is 11.8. The Labute approximate surface area is 165 Å². The fourth-order valence-electron chi connectivity index (χ4n) is 2.54. The lowest BCUT2D eigenvalue weighted by molar-refractivity contribution is 0.599. The van der Waals surface area contributed by atoms with Crippen molar-refractivity contribution in [2.24, 2.45) is 0 Å². The largest absolute Gasteiger partial charge is 0.283 e. The summed E-state index contributed by atoms with van der Waals surface area (Å²) in [6, 6.07) is 21.3. The molecule has 0 radical (unpaired) electrons. The SMILES string of the molecule is Cc1ccc(CS(=O)(=O)Nc2ccc(S(=O)(=O)Nc3ccccc3)cc2)cc1. The molecule has 0 saturated heterocycles. The minimum absolute atomic E-state index is 0.0397. The Morgan fingerprint density at radius 1 is 0.679 bits per heavy atom. The zero-order chi connectivity index (χ0) is 20.2. The van der Waals surface area contributed by atoms with Crippen LogP contribution in [0.1, 0.15) is 11.1 Å². The molecule has 0 heterocycles. The predicted molar refractivity (Wildman–Crippen MR) is 111 cm³/mol. The van der Waals surface area contributed by atoms with Gasteiger partial charge in [-0.05, 0) is 48.9 Å². The molecule has 0 spiro atoms. The molecular weight excluding hydrogens is 396 g/mol. The molecule has 0 aliphatic rings. The Morgan fingerprint density at radius 3 is 1.86 bits per heavy atom. The molecular formula is C20H20N2O4S2. The molecule has 28 heavy (non-hydrogen) atoms. The number of sulfonamides is 2. The van der Waals surface area contributed by atoms with E-state index in [2.05, 4.69) is 9.44 Å². The van der Waals surface area contributed by atoms with E-state index in [0.29, 0.717) is 16.9 Å². The number of hydrogen-bond donors (Lipinski definition) is 2. The van der Waals surface area contributed by atoms with E-state index in [9.17, 15) is 16.8 Å². The van der Waals surface area contributed by atoms with Crippen molar-refractivity contribution >= 4 is 31.4 Å². The molecule has 0 aliphatic heterocycles. The highest BCUT2D eigenvalue weighted by atomic mass is 32.2. The van der Waals surface area contributed by atoms with Crippen molar-refractivity contribution in [3.05, 3.63) is 90.0 Å². The van der Waals surface area contributed by atoms with Crippen LogP contribution in [0, 0.1) is 6.92 Å². The number of aryl methyl sites for hydroxylation is 1. The van der Waals surface area contributed by atoms with E-state index in [-0.39, 0.29) is 10.6 Å². The van der Waals surface area contributed by atoms with Crippen LogP contribution in [-0.2, 0) is 25.8 Å². The van der Waals surface area contributed by atoms with Gasteiger partial charge in [-0.1, -0.05) is 48.0 Å². The van der Waals surface area contributed by atoms with E-state index in [1.165, 1.54) is 24.3 Å². The van der Waals surface area contributed by atoms with Gasteiger partial charge in [-0.2, -0.15) is 0 Å². The number of anilines is 2. The number of rotatable bonds is 7. The number of nitrogens with one attached hydrogen (secondary N) is 2. The predicted octanol–water partition coefficient (Wildman–Crippen LogP) is 3.74. The summed E-state index contributed by atoms with van der Waals surface area (Å²) in [6.07, 6.45) is 0. The van der Waals surface area contributed by atoms with Crippen LogP contribution in [0.25, 0.3) is 0 Å². The lowest BCUT2D eigenvalue weighted by Crippen LogP contribution is -2.16. The van der Waals surface area contributed by atoms with Crippen molar-refractivity contribution in [3.63, 3.8) is 0 Å². The minimum Gasteiger partial charge on any atom is -0.283 e. The van der Waals surface area contributed by atoms with Crippen molar-refractivity contribution in [1.29, 1.82) is 0 Å². The first-order valence-electron chi connectivity index (χ1n) is 8.47. The van der Waals surface area contributed by atoms with Crippen LogP contribution in [0.2, 0.25) is 0 Å². The van der Waals surface area contributed by atoms with E-state index in [4.69, 9.17) is 0 Å². The van der Waals surface area contributed by atoms with Gasteiger partial charge < -0.3 is 0 Å². The third kappa shape index (κ3) is 5.34. The van der Waals surface area contributed by atoms with Gasteiger partial charge in [-0.15, -0.1) is 0 Å². The molecule has 146 valence electrons. The number of hydrogen-bond acceptors (Lipinski definition) is 4. The third-order valence-corrected chi connectivity index (χ3v) is 6.60. The van der Waals surface area contributed by atoms with Crippen molar-refractivity contribution in [2.45, 2.75) is 17.6 Å². The van der Waals surface area contributed by atoms with Crippen LogP contribution in [0.3, 0.4) is 0 Å². The molecule has 3 rings (SSSR count). The zero-order valence-electron chi connectivity index (χ0n) is 15.2. The van der Waals surface area contributed by atoms with Crippen LogP contribution in [-0.4, -0.2) is 16.8 Å². The standard InChI is InChI=1S/C20H20N2O4S2/c1-16-7-9-17(10-8-16)15-27(23,24)21-19-11-13-20(14-12-19)28(25,26)22-18-5-3-2-4-6-18/h2-14,21-22H,15H2,1H3. The summed E-state index contributed by atoms with van der Waals surface area (Å²) in [5.41, 5.74) is 2.47. The summed E-state index contributed by atoms with van der Waals surface area (Å²) < 4.78 is 54.4. The Hall–Kier alpha value is -2.84. The Balaban J connectivity index is 1.70. The van der Waals surface area contributed by atoms with Gasteiger partial charge in [0.2, 0.25) is 10.0 Å². The lowest BCUT2D eigenvalue weighted by Gasteiger charge is -2.11. The van der Waals surface area contributed by atoms with E-state index in [1.54, 1.807) is 42.5 Å². The van der Waals surface area contributed by atoms with Gasteiger partial charge in [-0.3, -0.25) is 9.44 Å². The van der Waals surface area contributed by atoms with Crippen LogP contribution >= 0.6 is 0 Å². The fraction of sp³-hybridized carbons (Fsp3) is 0.100. The van der Waals surface area contributed by atoms with Crippen molar-refractivity contribution in [2.75, 3.05) is 9.44 Å². The molecule has 0 bridgehead atoms. The quantitative estimate of drug-likeness (QED) is 0.614. The second-order valence-corrected chi connectivity index (χ2v) is 9.75. The molecule has 8 heteroatoms. The molecule has 0 aliphatic carbocycles. The van der Waals surface area contributed by atoms with Gasteiger partial charge in [0.1, 0.15) is 0 Å². The van der Waals surface area contributed by atoms with Crippen molar-refractivity contribution in [3.8, 4) is 0 Å². The van der Waals surface area contributed by atoms with E-state index in [0.717, 1.165) is 5.56 Å². The Kier molecular flexibility index (Phi) is 5.71. The Morgan fingerprint density at radius 2 is 1.25 bits per heavy atom. The summed E-state index contributed by atoms with van der Waals surface area (Å²) in [7, 11) is -7.37. The molecule has 2 N–H and O–H groups in total. The van der Waals surface area contributed by atoms with Crippen molar-refractivity contribution < 1.29 is 16.8 Å². The molecule has 0 amide bonds. The van der Waals surface area contributed by atoms with E-state index in [1.807, 2.05) is 19.1 Å².